The molecular weight excluding hydrogens is 236 g/mol. The predicted molar refractivity (Wildman–Crippen MR) is 81.7 cm³/mol. The Hall–Kier alpha value is -0.770. The maximum atomic E-state index is 4.81. The Balaban J connectivity index is 1.80. The number of likely N-dealkylation sites (tertiary alicyclic amines) is 2. The van der Waals surface area contributed by atoms with Crippen molar-refractivity contribution in [1.29, 1.82) is 0 Å². The molecule has 0 amide bonds. The van der Waals surface area contributed by atoms with E-state index in [9.17, 15) is 0 Å². The van der Waals surface area contributed by atoms with Crippen molar-refractivity contribution in [2.75, 3.05) is 39.3 Å². The van der Waals surface area contributed by atoms with Crippen molar-refractivity contribution in [2.45, 2.75) is 52.0 Å². The fourth-order valence-electron chi connectivity index (χ4n) is 3.13. The van der Waals surface area contributed by atoms with Crippen LogP contribution in [0.3, 0.4) is 0 Å². The molecule has 1 N–H and O–H groups in total. The number of rotatable bonds is 4. The zero-order valence-electron chi connectivity index (χ0n) is 12.7. The molecule has 0 aromatic carbocycles. The average molecular weight is 266 g/mol. The summed E-state index contributed by atoms with van der Waals surface area (Å²) in [6.45, 7) is 11.1. The van der Waals surface area contributed by atoms with E-state index in [1.54, 1.807) is 0 Å². The Morgan fingerprint density at radius 3 is 2.58 bits per heavy atom. The fraction of sp³-hybridized carbons (Fsp3) is 0.933. The summed E-state index contributed by atoms with van der Waals surface area (Å²) in [6, 6.07) is 0.748. The maximum Gasteiger partial charge on any atom is 0.193 e. The van der Waals surface area contributed by atoms with E-state index in [0.717, 1.165) is 31.6 Å². The molecule has 1 unspecified atom stereocenters. The molecule has 0 radical (unpaired) electrons. The number of hydrogen-bond donors (Lipinski definition) is 1. The minimum atomic E-state index is 0.748. The quantitative estimate of drug-likeness (QED) is 0.623. The molecule has 4 heteroatoms. The number of piperidine rings is 1. The summed E-state index contributed by atoms with van der Waals surface area (Å²) in [7, 11) is 0. The molecule has 2 saturated heterocycles. The Morgan fingerprint density at radius 1 is 1.16 bits per heavy atom. The molecule has 2 fully saturated rings. The van der Waals surface area contributed by atoms with Gasteiger partial charge in [-0.05, 0) is 46.1 Å². The molecule has 0 spiro atoms. The highest BCUT2D eigenvalue weighted by Gasteiger charge is 2.18. The van der Waals surface area contributed by atoms with E-state index in [-0.39, 0.29) is 0 Å². The molecule has 0 saturated carbocycles. The lowest BCUT2D eigenvalue weighted by molar-refractivity contribution is 0.165. The number of guanidine groups is 1. The van der Waals surface area contributed by atoms with E-state index >= 15 is 0 Å². The molecule has 1 atom stereocenters. The second-order valence-corrected chi connectivity index (χ2v) is 5.81. The van der Waals surface area contributed by atoms with Gasteiger partial charge < -0.3 is 10.2 Å². The summed E-state index contributed by atoms with van der Waals surface area (Å²) >= 11 is 0. The van der Waals surface area contributed by atoms with Crippen LogP contribution in [0.5, 0.6) is 0 Å². The van der Waals surface area contributed by atoms with Crippen LogP contribution in [0.1, 0.15) is 46.0 Å². The topological polar surface area (TPSA) is 30.9 Å². The number of aliphatic imine (C=N–C) groups is 1. The van der Waals surface area contributed by atoms with Crippen molar-refractivity contribution in [1.82, 2.24) is 15.1 Å². The molecule has 0 aromatic rings. The molecule has 110 valence electrons. The van der Waals surface area contributed by atoms with Crippen LogP contribution in [0.15, 0.2) is 4.99 Å². The van der Waals surface area contributed by atoms with Crippen molar-refractivity contribution in [2.24, 2.45) is 4.99 Å². The summed E-state index contributed by atoms with van der Waals surface area (Å²) < 4.78 is 0. The molecule has 2 rings (SSSR count). The monoisotopic (exact) mass is 266 g/mol. The van der Waals surface area contributed by atoms with Crippen molar-refractivity contribution in [3.63, 3.8) is 0 Å². The zero-order valence-corrected chi connectivity index (χ0v) is 12.7. The second kappa shape index (κ2) is 7.73. The SMILES string of the molecule is CCNC(=NCCN1CCCCC1C)N1CCCC1. The lowest BCUT2D eigenvalue weighted by atomic mass is 10.0. The van der Waals surface area contributed by atoms with Gasteiger partial charge in [-0.25, -0.2) is 0 Å². The number of nitrogens with zero attached hydrogens (tertiary/aromatic N) is 3. The minimum absolute atomic E-state index is 0.748. The van der Waals surface area contributed by atoms with Gasteiger partial charge in [-0.15, -0.1) is 0 Å². The number of hydrogen-bond acceptors (Lipinski definition) is 2. The minimum Gasteiger partial charge on any atom is -0.357 e. The second-order valence-electron chi connectivity index (χ2n) is 5.81. The van der Waals surface area contributed by atoms with Crippen LogP contribution in [-0.4, -0.2) is 61.1 Å². The Morgan fingerprint density at radius 2 is 1.89 bits per heavy atom. The fourth-order valence-corrected chi connectivity index (χ4v) is 3.13. The predicted octanol–water partition coefficient (Wildman–Crippen LogP) is 1.92. The largest absolute Gasteiger partial charge is 0.357 e. The van der Waals surface area contributed by atoms with Crippen LogP contribution in [0.4, 0.5) is 0 Å². The molecule has 2 aliphatic heterocycles. The van der Waals surface area contributed by atoms with E-state index < -0.39 is 0 Å². The van der Waals surface area contributed by atoms with E-state index in [2.05, 4.69) is 29.0 Å². The van der Waals surface area contributed by atoms with Crippen LogP contribution in [0, 0.1) is 0 Å². The number of nitrogens with one attached hydrogen (secondary N) is 1. The van der Waals surface area contributed by atoms with Gasteiger partial charge in [0.15, 0.2) is 5.96 Å². The van der Waals surface area contributed by atoms with Gasteiger partial charge in [-0.2, -0.15) is 0 Å². The van der Waals surface area contributed by atoms with Gasteiger partial charge in [0.25, 0.3) is 0 Å². The summed E-state index contributed by atoms with van der Waals surface area (Å²) in [5.41, 5.74) is 0. The van der Waals surface area contributed by atoms with Crippen molar-refractivity contribution in [3.8, 4) is 0 Å². The molecule has 0 aliphatic carbocycles. The van der Waals surface area contributed by atoms with E-state index in [1.165, 1.54) is 51.7 Å². The highest BCUT2D eigenvalue weighted by atomic mass is 15.3. The first kappa shape index (κ1) is 14.6. The van der Waals surface area contributed by atoms with Crippen LogP contribution < -0.4 is 5.32 Å². The van der Waals surface area contributed by atoms with Crippen LogP contribution in [-0.2, 0) is 0 Å². The maximum absolute atomic E-state index is 4.81. The summed E-state index contributed by atoms with van der Waals surface area (Å²) in [6.07, 6.45) is 6.74. The average Bonchev–Trinajstić information content (AvgIpc) is 2.94. The molecule has 2 aliphatic rings. The van der Waals surface area contributed by atoms with Crippen molar-refractivity contribution in [3.05, 3.63) is 0 Å². The van der Waals surface area contributed by atoms with E-state index in [1.807, 2.05) is 0 Å². The lowest BCUT2D eigenvalue weighted by Gasteiger charge is -2.32. The van der Waals surface area contributed by atoms with Gasteiger partial charge in [0.2, 0.25) is 0 Å². The molecule has 4 nitrogen and oxygen atoms in total. The van der Waals surface area contributed by atoms with Gasteiger partial charge >= 0.3 is 0 Å². The van der Waals surface area contributed by atoms with Crippen LogP contribution >= 0.6 is 0 Å². The third-order valence-corrected chi connectivity index (χ3v) is 4.33. The first-order chi connectivity index (χ1) is 9.31. The van der Waals surface area contributed by atoms with E-state index in [4.69, 9.17) is 4.99 Å². The Kier molecular flexibility index (Phi) is 5.95. The summed E-state index contributed by atoms with van der Waals surface area (Å²) in [5.74, 6) is 1.13. The molecule has 2 heterocycles. The smallest absolute Gasteiger partial charge is 0.193 e. The lowest BCUT2D eigenvalue weighted by Crippen LogP contribution is -2.41. The molecule has 19 heavy (non-hydrogen) atoms. The Bertz CT molecular complexity index is 284. The zero-order chi connectivity index (χ0) is 13.5. The first-order valence-electron chi connectivity index (χ1n) is 8.08. The van der Waals surface area contributed by atoms with Crippen molar-refractivity contribution >= 4 is 5.96 Å². The van der Waals surface area contributed by atoms with Crippen LogP contribution in [0.2, 0.25) is 0 Å². The van der Waals surface area contributed by atoms with Gasteiger partial charge in [-0.1, -0.05) is 6.42 Å². The normalized spacial score (nSPS) is 25.9. The molecule has 0 aromatic heterocycles. The third kappa shape index (κ3) is 4.37. The van der Waals surface area contributed by atoms with Gasteiger partial charge in [0.05, 0.1) is 6.54 Å². The third-order valence-electron chi connectivity index (χ3n) is 4.33. The first-order valence-corrected chi connectivity index (χ1v) is 8.08. The highest BCUT2D eigenvalue weighted by Crippen LogP contribution is 2.15. The summed E-state index contributed by atoms with van der Waals surface area (Å²) in [5, 5.41) is 3.43. The standard InChI is InChI=1S/C15H30N4/c1-3-16-15(19-11-6-7-12-19)17-9-13-18-10-5-4-8-14(18)2/h14H,3-13H2,1-2H3,(H,16,17). The van der Waals surface area contributed by atoms with Crippen LogP contribution in [0.25, 0.3) is 0 Å². The molecule has 0 bridgehead atoms. The van der Waals surface area contributed by atoms with Gasteiger partial charge in [-0.3, -0.25) is 9.89 Å². The Labute approximate surface area is 118 Å². The highest BCUT2D eigenvalue weighted by molar-refractivity contribution is 5.80. The summed E-state index contributed by atoms with van der Waals surface area (Å²) in [4.78, 5) is 9.82. The van der Waals surface area contributed by atoms with E-state index in [0.29, 0.717) is 0 Å². The van der Waals surface area contributed by atoms with Crippen molar-refractivity contribution < 1.29 is 0 Å². The van der Waals surface area contributed by atoms with Gasteiger partial charge in [0.1, 0.15) is 0 Å². The van der Waals surface area contributed by atoms with Gasteiger partial charge in [0, 0.05) is 32.2 Å². The molecular formula is C15H30N4.